The predicted molar refractivity (Wildman–Crippen MR) is 134 cm³/mol. The number of methoxy groups -OCH3 is 1. The molecule has 7 heteroatoms. The van der Waals surface area contributed by atoms with Crippen molar-refractivity contribution in [3.63, 3.8) is 0 Å². The minimum Gasteiger partial charge on any atom is -0.493 e. The first kappa shape index (κ1) is 22.8. The van der Waals surface area contributed by atoms with Gasteiger partial charge < -0.3 is 20.1 Å². The zero-order chi connectivity index (χ0) is 23.4. The van der Waals surface area contributed by atoms with Crippen molar-refractivity contribution >= 4 is 34.7 Å². The standard InChI is InChI=1S/C26H23ClN2O3S/c1-16-23(25(30)18-6-4-3-5-7-18)24(29-26(33)28-16)19-10-13-21(22(14-19)31-2)32-15-17-8-11-20(27)12-9-17/h3-14,24H,15H2,1-2H3,(H2,28,29,33). The van der Waals surface area contributed by atoms with Gasteiger partial charge in [-0.3, -0.25) is 4.79 Å². The Balaban J connectivity index is 1.63. The van der Waals surface area contributed by atoms with Gasteiger partial charge in [0.05, 0.1) is 13.2 Å². The van der Waals surface area contributed by atoms with Crippen molar-refractivity contribution in [3.05, 3.63) is 106 Å². The van der Waals surface area contributed by atoms with Crippen LogP contribution in [-0.2, 0) is 6.61 Å². The molecule has 0 aliphatic carbocycles. The van der Waals surface area contributed by atoms with E-state index in [4.69, 9.17) is 33.3 Å². The molecule has 1 heterocycles. The summed E-state index contributed by atoms with van der Waals surface area (Å²) >= 11 is 11.3. The number of nitrogens with one attached hydrogen (secondary N) is 2. The number of halogens is 1. The smallest absolute Gasteiger partial charge is 0.193 e. The summed E-state index contributed by atoms with van der Waals surface area (Å²) in [6, 6.07) is 21.9. The molecule has 0 amide bonds. The van der Waals surface area contributed by atoms with Gasteiger partial charge in [-0.2, -0.15) is 0 Å². The predicted octanol–water partition coefficient (Wildman–Crippen LogP) is 5.60. The lowest BCUT2D eigenvalue weighted by atomic mass is 9.89. The molecule has 0 saturated heterocycles. The molecule has 0 bridgehead atoms. The lowest BCUT2D eigenvalue weighted by molar-refractivity contribution is 0.102. The van der Waals surface area contributed by atoms with E-state index in [9.17, 15) is 4.79 Å². The third kappa shape index (κ3) is 5.18. The van der Waals surface area contributed by atoms with Crippen LogP contribution in [0.3, 0.4) is 0 Å². The van der Waals surface area contributed by atoms with Crippen LogP contribution in [-0.4, -0.2) is 18.0 Å². The lowest BCUT2D eigenvalue weighted by Gasteiger charge is -2.30. The third-order valence-electron chi connectivity index (χ3n) is 5.38. The maximum atomic E-state index is 13.4. The number of benzene rings is 3. The van der Waals surface area contributed by atoms with E-state index >= 15 is 0 Å². The Morgan fingerprint density at radius 2 is 1.76 bits per heavy atom. The molecule has 0 aromatic heterocycles. The summed E-state index contributed by atoms with van der Waals surface area (Å²) in [5, 5.41) is 7.45. The zero-order valence-corrected chi connectivity index (χ0v) is 19.8. The van der Waals surface area contributed by atoms with E-state index < -0.39 is 6.04 Å². The highest BCUT2D eigenvalue weighted by atomic mass is 35.5. The van der Waals surface area contributed by atoms with Crippen molar-refractivity contribution in [2.24, 2.45) is 0 Å². The van der Waals surface area contributed by atoms with Crippen LogP contribution < -0.4 is 20.1 Å². The molecule has 2 N–H and O–H groups in total. The van der Waals surface area contributed by atoms with Gasteiger partial charge in [-0.25, -0.2) is 0 Å². The van der Waals surface area contributed by atoms with Gasteiger partial charge in [0.1, 0.15) is 6.61 Å². The Labute approximate surface area is 203 Å². The van der Waals surface area contributed by atoms with Gasteiger partial charge in [0.2, 0.25) is 0 Å². The van der Waals surface area contributed by atoms with Gasteiger partial charge in [0, 0.05) is 21.9 Å². The zero-order valence-electron chi connectivity index (χ0n) is 18.2. The molecule has 1 aliphatic rings. The maximum absolute atomic E-state index is 13.4. The quantitative estimate of drug-likeness (QED) is 0.340. The number of Topliss-reactive ketones (excluding diaryl/α,β-unsaturated/α-hetero) is 1. The van der Waals surface area contributed by atoms with Gasteiger partial charge in [0.25, 0.3) is 0 Å². The van der Waals surface area contributed by atoms with Crippen LogP contribution in [0.4, 0.5) is 0 Å². The number of carbonyl (C=O) groups excluding carboxylic acids is 1. The minimum absolute atomic E-state index is 0.0670. The van der Waals surface area contributed by atoms with E-state index in [0.29, 0.717) is 39.4 Å². The number of hydrogen-bond acceptors (Lipinski definition) is 4. The Morgan fingerprint density at radius 1 is 1.03 bits per heavy atom. The number of rotatable bonds is 7. The average Bonchev–Trinajstić information content (AvgIpc) is 2.83. The molecule has 1 unspecified atom stereocenters. The van der Waals surface area contributed by atoms with Crippen molar-refractivity contribution in [2.75, 3.05) is 7.11 Å². The van der Waals surface area contributed by atoms with Crippen molar-refractivity contribution in [2.45, 2.75) is 19.6 Å². The summed E-state index contributed by atoms with van der Waals surface area (Å²) in [5.41, 5.74) is 3.77. The molecule has 168 valence electrons. The van der Waals surface area contributed by atoms with E-state index in [2.05, 4.69) is 10.6 Å². The fourth-order valence-electron chi connectivity index (χ4n) is 3.71. The van der Waals surface area contributed by atoms with Crippen molar-refractivity contribution in [3.8, 4) is 11.5 Å². The van der Waals surface area contributed by atoms with Crippen molar-refractivity contribution < 1.29 is 14.3 Å². The van der Waals surface area contributed by atoms with Crippen molar-refractivity contribution in [1.82, 2.24) is 10.6 Å². The fourth-order valence-corrected chi connectivity index (χ4v) is 4.11. The molecular formula is C26H23ClN2O3S. The molecule has 0 saturated carbocycles. The second-order valence-corrected chi connectivity index (χ2v) is 8.44. The average molecular weight is 479 g/mol. The highest BCUT2D eigenvalue weighted by Crippen LogP contribution is 2.35. The van der Waals surface area contributed by atoms with Crippen LogP contribution in [0.15, 0.2) is 84.1 Å². The topological polar surface area (TPSA) is 59.6 Å². The van der Waals surface area contributed by atoms with Crippen LogP contribution in [0.2, 0.25) is 5.02 Å². The molecule has 33 heavy (non-hydrogen) atoms. The van der Waals surface area contributed by atoms with Gasteiger partial charge in [-0.15, -0.1) is 0 Å². The van der Waals surface area contributed by atoms with Gasteiger partial charge >= 0.3 is 0 Å². The van der Waals surface area contributed by atoms with E-state index in [1.54, 1.807) is 19.2 Å². The van der Waals surface area contributed by atoms with E-state index in [0.717, 1.165) is 16.8 Å². The molecule has 1 aliphatic heterocycles. The van der Waals surface area contributed by atoms with Gasteiger partial charge in [0.15, 0.2) is 22.4 Å². The first-order valence-electron chi connectivity index (χ1n) is 10.4. The summed E-state index contributed by atoms with van der Waals surface area (Å²) < 4.78 is 11.6. The highest BCUT2D eigenvalue weighted by Gasteiger charge is 2.31. The van der Waals surface area contributed by atoms with Crippen LogP contribution in [0.1, 0.15) is 34.5 Å². The Kier molecular flexibility index (Phi) is 6.96. The van der Waals surface area contributed by atoms with Crippen LogP contribution in [0, 0.1) is 0 Å². The highest BCUT2D eigenvalue weighted by molar-refractivity contribution is 7.80. The maximum Gasteiger partial charge on any atom is 0.193 e. The molecule has 0 radical (unpaired) electrons. The van der Waals surface area contributed by atoms with E-state index in [1.165, 1.54) is 0 Å². The normalized spacial score (nSPS) is 15.5. The Morgan fingerprint density at radius 3 is 2.45 bits per heavy atom. The van der Waals surface area contributed by atoms with Gasteiger partial charge in [-0.05, 0) is 54.5 Å². The second kappa shape index (κ2) is 10.1. The first-order chi connectivity index (χ1) is 16.0. The molecular weight excluding hydrogens is 456 g/mol. The number of allylic oxidation sites excluding steroid dienone is 1. The summed E-state index contributed by atoms with van der Waals surface area (Å²) in [4.78, 5) is 13.4. The molecule has 3 aromatic carbocycles. The summed E-state index contributed by atoms with van der Waals surface area (Å²) in [5.74, 6) is 1.10. The molecule has 3 aromatic rings. The number of ketones is 1. The molecule has 0 fully saturated rings. The number of ether oxygens (including phenoxy) is 2. The largest absolute Gasteiger partial charge is 0.493 e. The number of carbonyl (C=O) groups is 1. The monoisotopic (exact) mass is 478 g/mol. The lowest BCUT2D eigenvalue weighted by Crippen LogP contribution is -2.44. The fraction of sp³-hybridized carbons (Fsp3) is 0.154. The SMILES string of the molecule is COc1cc(C2NC(=S)NC(C)=C2C(=O)c2ccccc2)ccc1OCc1ccc(Cl)cc1. The van der Waals surface area contributed by atoms with Crippen LogP contribution in [0.25, 0.3) is 0 Å². The number of hydrogen-bond donors (Lipinski definition) is 2. The summed E-state index contributed by atoms with van der Waals surface area (Å²) in [6.07, 6.45) is 0. The van der Waals surface area contributed by atoms with Crippen LogP contribution >= 0.6 is 23.8 Å². The Hall–Kier alpha value is -3.35. The second-order valence-electron chi connectivity index (χ2n) is 7.59. The molecule has 0 spiro atoms. The van der Waals surface area contributed by atoms with E-state index in [-0.39, 0.29) is 5.78 Å². The van der Waals surface area contributed by atoms with Crippen LogP contribution in [0.5, 0.6) is 11.5 Å². The molecule has 4 rings (SSSR count). The molecule has 1 atom stereocenters. The van der Waals surface area contributed by atoms with E-state index in [1.807, 2.05) is 67.6 Å². The minimum atomic E-state index is -0.425. The summed E-state index contributed by atoms with van der Waals surface area (Å²) in [6.45, 7) is 2.23. The van der Waals surface area contributed by atoms with Crippen molar-refractivity contribution in [1.29, 1.82) is 0 Å². The molecule has 5 nitrogen and oxygen atoms in total. The summed E-state index contributed by atoms with van der Waals surface area (Å²) in [7, 11) is 1.59. The first-order valence-corrected chi connectivity index (χ1v) is 11.2. The Bertz CT molecular complexity index is 1210. The van der Waals surface area contributed by atoms with Gasteiger partial charge in [-0.1, -0.05) is 60.1 Å². The number of thiocarbonyl (C=S) groups is 1. The third-order valence-corrected chi connectivity index (χ3v) is 5.85.